The van der Waals surface area contributed by atoms with E-state index in [1.165, 1.54) is 36.1 Å². The summed E-state index contributed by atoms with van der Waals surface area (Å²) in [6, 6.07) is 10.3. The number of fused-ring (bicyclic) bond motifs is 1. The first-order valence-electron chi connectivity index (χ1n) is 7.01. The normalized spacial score (nSPS) is 14.7. The molecule has 3 heteroatoms. The van der Waals surface area contributed by atoms with Gasteiger partial charge in [-0.05, 0) is 31.2 Å². The van der Waals surface area contributed by atoms with E-state index in [9.17, 15) is 0 Å². The average molecular weight is 253 g/mol. The van der Waals surface area contributed by atoms with Gasteiger partial charge in [-0.15, -0.1) is 0 Å². The first-order chi connectivity index (χ1) is 9.33. The monoisotopic (exact) mass is 253 g/mol. The Morgan fingerprint density at radius 2 is 1.74 bits per heavy atom. The number of rotatable bonds is 2. The van der Waals surface area contributed by atoms with E-state index in [0.717, 1.165) is 25.1 Å². The van der Waals surface area contributed by atoms with Gasteiger partial charge in [0.15, 0.2) is 0 Å². The molecule has 0 saturated heterocycles. The summed E-state index contributed by atoms with van der Waals surface area (Å²) < 4.78 is 0. The van der Waals surface area contributed by atoms with Crippen molar-refractivity contribution < 1.29 is 0 Å². The van der Waals surface area contributed by atoms with E-state index in [1.807, 2.05) is 18.2 Å². The Hall–Kier alpha value is -1.90. The summed E-state index contributed by atoms with van der Waals surface area (Å²) in [7, 11) is 0. The van der Waals surface area contributed by atoms with Crippen molar-refractivity contribution in [3.8, 4) is 0 Å². The minimum absolute atomic E-state index is 0.692. The topological polar surface area (TPSA) is 51.8 Å². The summed E-state index contributed by atoms with van der Waals surface area (Å²) in [5.41, 5.74) is 9.71. The maximum atomic E-state index is 6.11. The summed E-state index contributed by atoms with van der Waals surface area (Å²) in [4.78, 5) is 9.23. The minimum Gasteiger partial charge on any atom is -0.383 e. The number of aromatic nitrogens is 2. The van der Waals surface area contributed by atoms with E-state index >= 15 is 0 Å². The Labute approximate surface area is 113 Å². The van der Waals surface area contributed by atoms with E-state index in [2.05, 4.69) is 17.1 Å². The molecule has 0 unspecified atom stereocenters. The van der Waals surface area contributed by atoms with Gasteiger partial charge in [0.2, 0.25) is 0 Å². The molecule has 2 aromatic rings. The summed E-state index contributed by atoms with van der Waals surface area (Å²) in [6.07, 6.45) is 6.53. The van der Waals surface area contributed by atoms with Gasteiger partial charge in [-0.3, -0.25) is 0 Å². The molecule has 98 valence electrons. The Bertz CT molecular complexity index is 564. The van der Waals surface area contributed by atoms with E-state index in [4.69, 9.17) is 10.7 Å². The van der Waals surface area contributed by atoms with Crippen LogP contribution >= 0.6 is 0 Å². The Kier molecular flexibility index (Phi) is 3.45. The molecule has 2 N–H and O–H groups in total. The lowest BCUT2D eigenvalue weighted by Gasteiger charge is -2.10. The summed E-state index contributed by atoms with van der Waals surface area (Å²) >= 11 is 0. The number of nitrogen functional groups attached to an aromatic ring is 1. The lowest BCUT2D eigenvalue weighted by molar-refractivity contribution is 0.708. The number of hydrogen-bond donors (Lipinski definition) is 1. The molecule has 1 aliphatic rings. The van der Waals surface area contributed by atoms with E-state index in [1.54, 1.807) is 0 Å². The van der Waals surface area contributed by atoms with Gasteiger partial charge in [-0.25, -0.2) is 9.97 Å². The van der Waals surface area contributed by atoms with Crippen molar-refractivity contribution in [1.29, 1.82) is 0 Å². The fourth-order valence-electron chi connectivity index (χ4n) is 2.71. The van der Waals surface area contributed by atoms with Crippen molar-refractivity contribution in [2.24, 2.45) is 0 Å². The summed E-state index contributed by atoms with van der Waals surface area (Å²) in [6.45, 7) is 0. The van der Waals surface area contributed by atoms with Crippen LogP contribution in [0.5, 0.6) is 0 Å². The van der Waals surface area contributed by atoms with Crippen LogP contribution in [0.25, 0.3) is 0 Å². The maximum absolute atomic E-state index is 6.11. The van der Waals surface area contributed by atoms with Crippen LogP contribution in [0.2, 0.25) is 0 Å². The lowest BCUT2D eigenvalue weighted by atomic mass is 10.1. The molecule has 0 saturated carbocycles. The van der Waals surface area contributed by atoms with Crippen LogP contribution in [-0.2, 0) is 19.3 Å². The molecule has 0 fully saturated rings. The zero-order valence-corrected chi connectivity index (χ0v) is 11.1. The first-order valence-corrected chi connectivity index (χ1v) is 7.01. The van der Waals surface area contributed by atoms with Crippen LogP contribution in [0.4, 0.5) is 5.82 Å². The Morgan fingerprint density at radius 3 is 2.58 bits per heavy atom. The Morgan fingerprint density at radius 1 is 0.947 bits per heavy atom. The number of benzene rings is 1. The van der Waals surface area contributed by atoms with Crippen LogP contribution in [0.15, 0.2) is 30.3 Å². The molecule has 1 aromatic carbocycles. The number of hydrogen-bond acceptors (Lipinski definition) is 3. The second-order valence-corrected chi connectivity index (χ2v) is 5.17. The molecule has 1 aliphatic carbocycles. The summed E-state index contributed by atoms with van der Waals surface area (Å²) in [5.74, 6) is 1.54. The van der Waals surface area contributed by atoms with Crippen molar-refractivity contribution >= 4 is 5.82 Å². The quantitative estimate of drug-likeness (QED) is 0.837. The van der Waals surface area contributed by atoms with E-state index in [0.29, 0.717) is 5.82 Å². The predicted octanol–water partition coefficient (Wildman–Crippen LogP) is 2.92. The molecule has 0 aliphatic heterocycles. The highest BCUT2D eigenvalue weighted by Gasteiger charge is 2.15. The van der Waals surface area contributed by atoms with Gasteiger partial charge in [0.1, 0.15) is 11.6 Å². The van der Waals surface area contributed by atoms with Crippen LogP contribution in [0.3, 0.4) is 0 Å². The standard InChI is InChI=1S/C16H19N3/c17-16-13-9-5-2-6-10-14(13)18-15(19-16)11-12-7-3-1-4-8-12/h1,3-4,7-8H,2,5-6,9-11H2,(H2,17,18,19). The van der Waals surface area contributed by atoms with Gasteiger partial charge in [0.25, 0.3) is 0 Å². The van der Waals surface area contributed by atoms with Crippen LogP contribution in [0.1, 0.15) is 41.9 Å². The molecule has 1 aromatic heterocycles. The molecule has 1 heterocycles. The maximum Gasteiger partial charge on any atom is 0.135 e. The zero-order valence-electron chi connectivity index (χ0n) is 11.1. The lowest BCUT2D eigenvalue weighted by Crippen LogP contribution is -2.09. The van der Waals surface area contributed by atoms with Crippen molar-refractivity contribution in [3.05, 3.63) is 53.0 Å². The molecule has 0 bridgehead atoms. The minimum atomic E-state index is 0.692. The fraction of sp³-hybridized carbons (Fsp3) is 0.375. The number of nitrogens with zero attached hydrogens (tertiary/aromatic N) is 2. The highest BCUT2D eigenvalue weighted by molar-refractivity contribution is 5.43. The zero-order chi connectivity index (χ0) is 13.1. The average Bonchev–Trinajstić information content (AvgIpc) is 2.65. The van der Waals surface area contributed by atoms with Gasteiger partial charge in [0.05, 0.1) is 0 Å². The third kappa shape index (κ3) is 2.75. The van der Waals surface area contributed by atoms with Crippen molar-refractivity contribution in [2.75, 3.05) is 5.73 Å². The molecular formula is C16H19N3. The highest BCUT2D eigenvalue weighted by Crippen LogP contribution is 2.23. The molecular weight excluding hydrogens is 234 g/mol. The number of nitrogens with two attached hydrogens (primary N) is 1. The largest absolute Gasteiger partial charge is 0.383 e. The third-order valence-corrected chi connectivity index (χ3v) is 3.72. The smallest absolute Gasteiger partial charge is 0.135 e. The van der Waals surface area contributed by atoms with Crippen LogP contribution in [0, 0.1) is 0 Å². The number of anilines is 1. The van der Waals surface area contributed by atoms with Crippen molar-refractivity contribution in [1.82, 2.24) is 9.97 Å². The predicted molar refractivity (Wildman–Crippen MR) is 77.0 cm³/mol. The third-order valence-electron chi connectivity index (χ3n) is 3.72. The summed E-state index contributed by atoms with van der Waals surface area (Å²) in [5, 5.41) is 0. The second kappa shape index (κ2) is 5.39. The van der Waals surface area contributed by atoms with Crippen LogP contribution in [-0.4, -0.2) is 9.97 Å². The van der Waals surface area contributed by atoms with Gasteiger partial charge in [0, 0.05) is 17.7 Å². The highest BCUT2D eigenvalue weighted by atomic mass is 15.0. The molecule has 3 nitrogen and oxygen atoms in total. The van der Waals surface area contributed by atoms with E-state index < -0.39 is 0 Å². The molecule has 0 atom stereocenters. The molecule has 0 spiro atoms. The molecule has 3 rings (SSSR count). The molecule has 0 amide bonds. The molecule has 19 heavy (non-hydrogen) atoms. The van der Waals surface area contributed by atoms with E-state index in [-0.39, 0.29) is 0 Å². The van der Waals surface area contributed by atoms with Gasteiger partial charge >= 0.3 is 0 Å². The van der Waals surface area contributed by atoms with Gasteiger partial charge in [-0.2, -0.15) is 0 Å². The van der Waals surface area contributed by atoms with Crippen LogP contribution < -0.4 is 5.73 Å². The van der Waals surface area contributed by atoms with Gasteiger partial charge < -0.3 is 5.73 Å². The second-order valence-electron chi connectivity index (χ2n) is 5.17. The SMILES string of the molecule is Nc1nc(Cc2ccccc2)nc2c1CCCCC2. The van der Waals surface area contributed by atoms with Crippen molar-refractivity contribution in [2.45, 2.75) is 38.5 Å². The Balaban J connectivity index is 1.91. The first kappa shape index (κ1) is 12.2. The molecule has 0 radical (unpaired) electrons. The number of aryl methyl sites for hydroxylation is 1. The van der Waals surface area contributed by atoms with Gasteiger partial charge in [-0.1, -0.05) is 36.8 Å². The fourth-order valence-corrected chi connectivity index (χ4v) is 2.71. The van der Waals surface area contributed by atoms with Crippen molar-refractivity contribution in [3.63, 3.8) is 0 Å².